The summed E-state index contributed by atoms with van der Waals surface area (Å²) in [5.41, 5.74) is 6.84. The van der Waals surface area contributed by atoms with Crippen LogP contribution in [0.15, 0.2) is 47.5 Å². The number of nitrogens with one attached hydrogen (secondary N) is 1. The molecule has 3 aromatic rings. The molecule has 2 aromatic carbocycles. The number of benzene rings is 2. The van der Waals surface area contributed by atoms with E-state index in [1.165, 1.54) is 12.1 Å². The zero-order valence-electron chi connectivity index (χ0n) is 15.1. The van der Waals surface area contributed by atoms with Gasteiger partial charge in [-0.2, -0.15) is 0 Å². The maximum absolute atomic E-state index is 13.0. The Morgan fingerprint density at radius 1 is 1.32 bits per heavy atom. The Morgan fingerprint density at radius 3 is 2.89 bits per heavy atom. The second kappa shape index (κ2) is 7.67. The van der Waals surface area contributed by atoms with Crippen molar-refractivity contribution in [2.75, 3.05) is 13.1 Å². The lowest BCUT2D eigenvalue weighted by molar-refractivity contribution is -0.130. The molecule has 0 spiro atoms. The Hall–Kier alpha value is -3.42. The van der Waals surface area contributed by atoms with Crippen molar-refractivity contribution in [3.05, 3.63) is 54.1 Å². The van der Waals surface area contributed by atoms with E-state index in [4.69, 9.17) is 10.5 Å². The van der Waals surface area contributed by atoms with Crippen LogP contribution in [-0.4, -0.2) is 40.2 Å². The van der Waals surface area contributed by atoms with Crippen molar-refractivity contribution in [1.82, 2.24) is 14.9 Å². The summed E-state index contributed by atoms with van der Waals surface area (Å²) in [5.74, 6) is 1.54. The molecule has 0 radical (unpaired) electrons. The molecule has 7 nitrogen and oxygen atoms in total. The third-order valence-electron chi connectivity index (χ3n) is 4.74. The van der Waals surface area contributed by atoms with Crippen LogP contribution in [0.4, 0.5) is 4.39 Å². The number of ether oxygens (including phenoxy) is 1. The van der Waals surface area contributed by atoms with Gasteiger partial charge in [-0.15, -0.1) is 0 Å². The molecule has 0 unspecified atom stereocenters. The molecule has 1 saturated heterocycles. The van der Waals surface area contributed by atoms with Crippen LogP contribution in [0.5, 0.6) is 11.5 Å². The fourth-order valence-corrected chi connectivity index (χ4v) is 3.44. The zero-order chi connectivity index (χ0) is 19.5. The maximum Gasteiger partial charge on any atom is 0.244 e. The highest BCUT2D eigenvalue weighted by molar-refractivity contribution is 5.81. The van der Waals surface area contributed by atoms with Crippen molar-refractivity contribution in [2.24, 2.45) is 10.7 Å². The van der Waals surface area contributed by atoms with E-state index >= 15 is 0 Å². The zero-order valence-corrected chi connectivity index (χ0v) is 15.1. The smallest absolute Gasteiger partial charge is 0.244 e. The fraction of sp³-hybridized carbons (Fsp3) is 0.250. The predicted octanol–water partition coefficient (Wildman–Crippen LogP) is 3.14. The fourth-order valence-electron chi connectivity index (χ4n) is 3.44. The van der Waals surface area contributed by atoms with Gasteiger partial charge in [-0.3, -0.25) is 9.79 Å². The number of likely N-dealkylation sites (tertiary alicyclic amines) is 1. The number of halogens is 1. The molecule has 2 heterocycles. The number of fused-ring (bicyclic) bond motifs is 1. The van der Waals surface area contributed by atoms with E-state index in [1.807, 2.05) is 18.2 Å². The summed E-state index contributed by atoms with van der Waals surface area (Å²) in [6, 6.07) is 11.3. The summed E-state index contributed by atoms with van der Waals surface area (Å²) in [5, 5.41) is 0. The van der Waals surface area contributed by atoms with Crippen LogP contribution in [-0.2, 0) is 4.79 Å². The van der Waals surface area contributed by atoms with Crippen LogP contribution in [0, 0.1) is 5.82 Å². The number of carbonyl (C=O) groups is 1. The van der Waals surface area contributed by atoms with E-state index in [-0.39, 0.29) is 24.3 Å². The molecule has 1 fully saturated rings. The number of nitrogens with two attached hydrogens (primary N) is 1. The predicted molar refractivity (Wildman–Crippen MR) is 104 cm³/mol. The second-order valence-electron chi connectivity index (χ2n) is 6.59. The summed E-state index contributed by atoms with van der Waals surface area (Å²) in [7, 11) is 0. The van der Waals surface area contributed by atoms with Gasteiger partial charge in [0, 0.05) is 12.6 Å². The number of imidazole rings is 1. The number of aromatic amines is 1. The van der Waals surface area contributed by atoms with Gasteiger partial charge in [0.05, 0.1) is 23.4 Å². The monoisotopic (exact) mass is 381 g/mol. The first-order valence-corrected chi connectivity index (χ1v) is 9.06. The Kier molecular flexibility index (Phi) is 4.92. The van der Waals surface area contributed by atoms with Crippen LogP contribution >= 0.6 is 0 Å². The van der Waals surface area contributed by atoms with Gasteiger partial charge in [0.25, 0.3) is 0 Å². The second-order valence-corrected chi connectivity index (χ2v) is 6.59. The Labute approximate surface area is 161 Å². The molecule has 0 bridgehead atoms. The summed E-state index contributed by atoms with van der Waals surface area (Å²) in [6.07, 6.45) is 2.91. The van der Waals surface area contributed by atoms with E-state index in [0.29, 0.717) is 18.0 Å². The quantitative estimate of drug-likeness (QED) is 0.524. The van der Waals surface area contributed by atoms with E-state index in [1.54, 1.807) is 17.0 Å². The van der Waals surface area contributed by atoms with E-state index < -0.39 is 0 Å². The van der Waals surface area contributed by atoms with Gasteiger partial charge in [-0.1, -0.05) is 0 Å². The molecule has 28 heavy (non-hydrogen) atoms. The largest absolute Gasteiger partial charge is 0.457 e. The molecule has 1 aliphatic rings. The third kappa shape index (κ3) is 3.66. The van der Waals surface area contributed by atoms with E-state index in [2.05, 4.69) is 15.0 Å². The number of hydrogen-bond acceptors (Lipinski definition) is 4. The average molecular weight is 381 g/mol. The number of nitrogens with zero attached hydrogens (tertiary/aromatic N) is 3. The molecule has 1 amide bonds. The number of H-pyrrole nitrogens is 1. The van der Waals surface area contributed by atoms with Gasteiger partial charge in [0.2, 0.25) is 5.91 Å². The first-order chi connectivity index (χ1) is 13.6. The van der Waals surface area contributed by atoms with Gasteiger partial charge in [0.1, 0.15) is 29.7 Å². The molecule has 144 valence electrons. The molecule has 1 atom stereocenters. The number of aromatic nitrogens is 2. The maximum atomic E-state index is 13.0. The molecule has 8 heteroatoms. The van der Waals surface area contributed by atoms with Crippen molar-refractivity contribution in [3.63, 3.8) is 0 Å². The molecule has 1 aliphatic heterocycles. The minimum absolute atomic E-state index is 0.0445. The van der Waals surface area contributed by atoms with Crippen molar-refractivity contribution in [3.8, 4) is 11.5 Å². The Morgan fingerprint density at radius 2 is 2.11 bits per heavy atom. The van der Waals surface area contributed by atoms with Crippen molar-refractivity contribution in [1.29, 1.82) is 0 Å². The van der Waals surface area contributed by atoms with Gasteiger partial charge in [-0.05, 0) is 49.2 Å². The minimum Gasteiger partial charge on any atom is -0.457 e. The van der Waals surface area contributed by atoms with Gasteiger partial charge in [-0.25, -0.2) is 9.37 Å². The summed E-state index contributed by atoms with van der Waals surface area (Å²) >= 11 is 0. The molecule has 0 aliphatic carbocycles. The molecular formula is C20H20FN5O2. The van der Waals surface area contributed by atoms with Crippen LogP contribution in [0.2, 0.25) is 0 Å². The first kappa shape index (κ1) is 18.0. The highest BCUT2D eigenvalue weighted by Crippen LogP contribution is 2.32. The van der Waals surface area contributed by atoms with Gasteiger partial charge in [0.15, 0.2) is 0 Å². The molecule has 1 aromatic heterocycles. The summed E-state index contributed by atoms with van der Waals surface area (Å²) in [6.45, 7) is 0.725. The van der Waals surface area contributed by atoms with Crippen LogP contribution in [0.3, 0.4) is 0 Å². The van der Waals surface area contributed by atoms with E-state index in [9.17, 15) is 9.18 Å². The number of aliphatic imine (C=N–C) groups is 1. The van der Waals surface area contributed by atoms with Crippen molar-refractivity contribution >= 4 is 23.3 Å². The van der Waals surface area contributed by atoms with E-state index in [0.717, 1.165) is 36.0 Å². The molecule has 3 N–H and O–H groups in total. The number of rotatable bonds is 5. The topological polar surface area (TPSA) is 96.6 Å². The SMILES string of the molecule is NC=NCC(=O)N1CCC[C@H]1c1nc2ccc(Oc3ccc(F)cc3)cc2[nH]1. The third-order valence-corrected chi connectivity index (χ3v) is 4.74. The van der Waals surface area contributed by atoms with Gasteiger partial charge >= 0.3 is 0 Å². The lowest BCUT2D eigenvalue weighted by Crippen LogP contribution is -2.32. The average Bonchev–Trinajstić information content (AvgIpc) is 3.34. The number of carbonyl (C=O) groups excluding carboxylic acids is 1. The standard InChI is InChI=1S/C20H20FN5O2/c21-13-3-5-14(6-4-13)28-15-7-8-16-17(10-15)25-20(24-16)18-2-1-9-26(18)19(27)11-23-12-22/h3-8,10,12,18H,1-2,9,11H2,(H2,22,23)(H,24,25)/t18-/m0/s1. The van der Waals surface area contributed by atoms with Crippen LogP contribution in [0.25, 0.3) is 11.0 Å². The van der Waals surface area contributed by atoms with Crippen LogP contribution < -0.4 is 10.5 Å². The Bertz CT molecular complexity index is 1020. The molecular weight excluding hydrogens is 361 g/mol. The van der Waals surface area contributed by atoms with Crippen molar-refractivity contribution in [2.45, 2.75) is 18.9 Å². The number of hydrogen-bond donors (Lipinski definition) is 2. The highest BCUT2D eigenvalue weighted by atomic mass is 19.1. The van der Waals surface area contributed by atoms with Crippen LogP contribution in [0.1, 0.15) is 24.7 Å². The minimum atomic E-state index is -0.311. The summed E-state index contributed by atoms with van der Waals surface area (Å²) in [4.78, 5) is 25.9. The van der Waals surface area contributed by atoms with Crippen molar-refractivity contribution < 1.29 is 13.9 Å². The lowest BCUT2D eigenvalue weighted by Gasteiger charge is -2.22. The Balaban J connectivity index is 1.55. The number of amides is 1. The van der Waals surface area contributed by atoms with Gasteiger partial charge < -0.3 is 20.4 Å². The molecule has 4 rings (SSSR count). The highest BCUT2D eigenvalue weighted by Gasteiger charge is 2.31. The lowest BCUT2D eigenvalue weighted by atomic mass is 10.2. The normalized spacial score (nSPS) is 16.9. The first-order valence-electron chi connectivity index (χ1n) is 9.06. The summed E-state index contributed by atoms with van der Waals surface area (Å²) < 4.78 is 18.8. The molecule has 0 saturated carbocycles.